The van der Waals surface area contributed by atoms with Gasteiger partial charge in [0.15, 0.2) is 5.96 Å². The minimum atomic E-state index is 0.573. The van der Waals surface area contributed by atoms with Gasteiger partial charge in [0.1, 0.15) is 11.5 Å². The highest BCUT2D eigenvalue weighted by atomic mass is 16.5. The van der Waals surface area contributed by atoms with Crippen molar-refractivity contribution in [2.75, 3.05) is 20.2 Å². The molecule has 5 nitrogen and oxygen atoms in total. The summed E-state index contributed by atoms with van der Waals surface area (Å²) in [7, 11) is 1.67. The van der Waals surface area contributed by atoms with E-state index in [1.807, 2.05) is 43.3 Å². The number of aliphatic imine (C=N–C) groups is 1. The standard InChI is InChI=1S/C19H25N3O2/c1-15(2)13-21-19(20-10-9-17-8-5-11-24-17)22-14-16-6-4-7-18(12-16)23-3/h4-8,11-12H,1,9-10,13-14H2,2-3H3,(H2,20,21,22). The lowest BCUT2D eigenvalue weighted by Crippen LogP contribution is -2.39. The molecule has 2 rings (SSSR count). The predicted molar refractivity (Wildman–Crippen MR) is 97.4 cm³/mol. The first kappa shape index (κ1) is 17.7. The lowest BCUT2D eigenvalue weighted by Gasteiger charge is -2.12. The number of ether oxygens (including phenoxy) is 1. The number of hydrogen-bond acceptors (Lipinski definition) is 3. The summed E-state index contributed by atoms with van der Waals surface area (Å²) in [6.07, 6.45) is 2.49. The van der Waals surface area contributed by atoms with Crippen molar-refractivity contribution in [3.63, 3.8) is 0 Å². The van der Waals surface area contributed by atoms with E-state index in [0.29, 0.717) is 13.1 Å². The van der Waals surface area contributed by atoms with Crippen molar-refractivity contribution in [3.05, 3.63) is 66.1 Å². The van der Waals surface area contributed by atoms with Gasteiger partial charge in [0, 0.05) is 19.5 Å². The molecule has 0 aliphatic rings. The van der Waals surface area contributed by atoms with Gasteiger partial charge >= 0.3 is 0 Å². The molecule has 1 heterocycles. The van der Waals surface area contributed by atoms with Gasteiger partial charge in [-0.05, 0) is 36.8 Å². The second-order valence-electron chi connectivity index (χ2n) is 5.58. The molecular formula is C19H25N3O2. The maximum Gasteiger partial charge on any atom is 0.191 e. The molecule has 1 aromatic carbocycles. The Morgan fingerprint density at radius 2 is 2.12 bits per heavy atom. The number of nitrogens with one attached hydrogen (secondary N) is 2. The fourth-order valence-corrected chi connectivity index (χ4v) is 2.11. The largest absolute Gasteiger partial charge is 0.497 e. The first-order valence-corrected chi connectivity index (χ1v) is 7.99. The normalized spacial score (nSPS) is 11.2. The second kappa shape index (κ2) is 9.45. The van der Waals surface area contributed by atoms with Gasteiger partial charge in [-0.1, -0.05) is 24.3 Å². The fourth-order valence-electron chi connectivity index (χ4n) is 2.11. The van der Waals surface area contributed by atoms with E-state index < -0.39 is 0 Å². The van der Waals surface area contributed by atoms with Crippen LogP contribution in [-0.2, 0) is 13.0 Å². The van der Waals surface area contributed by atoms with Crippen molar-refractivity contribution in [1.29, 1.82) is 0 Å². The molecule has 24 heavy (non-hydrogen) atoms. The van der Waals surface area contributed by atoms with Crippen molar-refractivity contribution in [1.82, 2.24) is 10.6 Å². The molecule has 128 valence electrons. The lowest BCUT2D eigenvalue weighted by atomic mass is 10.2. The fraction of sp³-hybridized carbons (Fsp3) is 0.316. The zero-order chi connectivity index (χ0) is 17.2. The Kier molecular flexibility index (Phi) is 6.95. The highest BCUT2D eigenvalue weighted by molar-refractivity contribution is 5.80. The summed E-state index contributed by atoms with van der Waals surface area (Å²) in [6, 6.07) is 11.8. The zero-order valence-corrected chi connectivity index (χ0v) is 14.3. The molecule has 0 bridgehead atoms. The molecule has 0 saturated carbocycles. The maximum absolute atomic E-state index is 5.34. The van der Waals surface area contributed by atoms with E-state index >= 15 is 0 Å². The molecule has 0 radical (unpaired) electrons. The molecule has 0 unspecified atom stereocenters. The van der Waals surface area contributed by atoms with Gasteiger partial charge in [-0.25, -0.2) is 4.99 Å². The number of guanidine groups is 1. The topological polar surface area (TPSA) is 58.8 Å². The molecular weight excluding hydrogens is 302 g/mol. The second-order valence-corrected chi connectivity index (χ2v) is 5.58. The van der Waals surface area contributed by atoms with Crippen molar-refractivity contribution < 1.29 is 9.15 Å². The van der Waals surface area contributed by atoms with E-state index in [1.54, 1.807) is 13.4 Å². The van der Waals surface area contributed by atoms with Crippen LogP contribution in [0.4, 0.5) is 0 Å². The van der Waals surface area contributed by atoms with Crippen LogP contribution in [0.15, 0.2) is 64.2 Å². The van der Waals surface area contributed by atoms with Gasteiger partial charge < -0.3 is 19.8 Å². The van der Waals surface area contributed by atoms with Crippen molar-refractivity contribution >= 4 is 5.96 Å². The molecule has 0 amide bonds. The van der Waals surface area contributed by atoms with Crippen molar-refractivity contribution in [2.24, 2.45) is 4.99 Å². The molecule has 2 aromatic rings. The van der Waals surface area contributed by atoms with Crippen molar-refractivity contribution in [3.8, 4) is 5.75 Å². The average molecular weight is 327 g/mol. The van der Waals surface area contributed by atoms with Crippen molar-refractivity contribution in [2.45, 2.75) is 19.9 Å². The van der Waals surface area contributed by atoms with Crippen LogP contribution < -0.4 is 15.4 Å². The third-order valence-corrected chi connectivity index (χ3v) is 3.36. The van der Waals surface area contributed by atoms with Gasteiger partial charge in [0.25, 0.3) is 0 Å². The maximum atomic E-state index is 5.34. The number of benzene rings is 1. The Morgan fingerprint density at radius 1 is 1.25 bits per heavy atom. The van der Waals surface area contributed by atoms with E-state index in [-0.39, 0.29) is 0 Å². The highest BCUT2D eigenvalue weighted by Crippen LogP contribution is 2.13. The summed E-state index contributed by atoms with van der Waals surface area (Å²) in [5.74, 6) is 2.55. The Labute approximate surface area is 143 Å². The molecule has 1 aromatic heterocycles. The van der Waals surface area contributed by atoms with Gasteiger partial charge in [0.05, 0.1) is 19.9 Å². The molecule has 0 aliphatic heterocycles. The Balaban J connectivity index is 1.93. The van der Waals surface area contributed by atoms with Gasteiger partial charge in [-0.15, -0.1) is 0 Å². The van der Waals surface area contributed by atoms with E-state index in [2.05, 4.69) is 22.2 Å². The minimum Gasteiger partial charge on any atom is -0.497 e. The molecule has 2 N–H and O–H groups in total. The summed E-state index contributed by atoms with van der Waals surface area (Å²) < 4.78 is 10.6. The monoisotopic (exact) mass is 327 g/mol. The number of furan rings is 1. The van der Waals surface area contributed by atoms with Gasteiger partial charge in [-0.3, -0.25) is 0 Å². The summed E-state index contributed by atoms with van der Waals surface area (Å²) >= 11 is 0. The number of hydrogen-bond donors (Lipinski definition) is 2. The number of rotatable bonds is 8. The molecule has 0 saturated heterocycles. The van der Waals surface area contributed by atoms with Crippen LogP contribution in [0, 0.1) is 0 Å². The quantitative estimate of drug-likeness (QED) is 0.444. The Morgan fingerprint density at radius 3 is 2.83 bits per heavy atom. The van der Waals surface area contributed by atoms with E-state index in [1.165, 1.54) is 0 Å². The molecule has 0 aliphatic carbocycles. The zero-order valence-electron chi connectivity index (χ0n) is 14.3. The molecule has 0 atom stereocenters. The third kappa shape index (κ3) is 6.20. The molecule has 5 heteroatoms. The minimum absolute atomic E-state index is 0.573. The van der Waals surface area contributed by atoms with Gasteiger partial charge in [0.2, 0.25) is 0 Å². The predicted octanol–water partition coefficient (Wildman–Crippen LogP) is 3.14. The Bertz CT molecular complexity index is 663. The van der Waals surface area contributed by atoms with Gasteiger partial charge in [-0.2, -0.15) is 0 Å². The van der Waals surface area contributed by atoms with E-state index in [0.717, 1.165) is 41.6 Å². The summed E-state index contributed by atoms with van der Waals surface area (Å²) in [4.78, 5) is 4.63. The van der Waals surface area contributed by atoms with Crippen LogP contribution in [0.5, 0.6) is 5.75 Å². The van der Waals surface area contributed by atoms with Crippen LogP contribution in [0.2, 0.25) is 0 Å². The van der Waals surface area contributed by atoms with E-state index in [4.69, 9.17) is 9.15 Å². The smallest absolute Gasteiger partial charge is 0.191 e. The molecule has 0 spiro atoms. The molecule has 0 fully saturated rings. The van der Waals surface area contributed by atoms with Crippen LogP contribution >= 0.6 is 0 Å². The summed E-state index contributed by atoms with van der Waals surface area (Å²) in [6.45, 7) is 7.90. The van der Waals surface area contributed by atoms with Crippen LogP contribution in [0.25, 0.3) is 0 Å². The van der Waals surface area contributed by atoms with E-state index in [9.17, 15) is 0 Å². The number of nitrogens with zero attached hydrogens (tertiary/aromatic N) is 1. The number of methoxy groups -OCH3 is 1. The van der Waals surface area contributed by atoms with Crippen LogP contribution in [0.1, 0.15) is 18.2 Å². The van der Waals surface area contributed by atoms with Crippen LogP contribution in [-0.4, -0.2) is 26.2 Å². The Hall–Kier alpha value is -2.69. The summed E-state index contributed by atoms with van der Waals surface area (Å²) in [5, 5.41) is 6.59. The summed E-state index contributed by atoms with van der Waals surface area (Å²) in [5.41, 5.74) is 2.15. The first-order chi connectivity index (χ1) is 11.7. The third-order valence-electron chi connectivity index (χ3n) is 3.36. The highest BCUT2D eigenvalue weighted by Gasteiger charge is 2.01. The average Bonchev–Trinajstić information content (AvgIpc) is 3.10. The first-order valence-electron chi connectivity index (χ1n) is 7.99. The van der Waals surface area contributed by atoms with Crippen LogP contribution in [0.3, 0.4) is 0 Å². The lowest BCUT2D eigenvalue weighted by molar-refractivity contribution is 0.414. The SMILES string of the molecule is C=C(C)CNC(=NCc1cccc(OC)c1)NCCc1ccco1.